The Hall–Kier alpha value is -3.10. The van der Waals surface area contributed by atoms with Gasteiger partial charge in [-0.2, -0.15) is 0 Å². The van der Waals surface area contributed by atoms with E-state index in [2.05, 4.69) is 20.9 Å². The zero-order chi connectivity index (χ0) is 22.8. The molecule has 0 atom stereocenters. The molecule has 0 unspecified atom stereocenters. The molecule has 0 radical (unpaired) electrons. The Morgan fingerprint density at radius 3 is 2.50 bits per heavy atom. The number of hydrogen-bond acceptors (Lipinski definition) is 5. The van der Waals surface area contributed by atoms with E-state index in [1.54, 1.807) is 24.3 Å². The van der Waals surface area contributed by atoms with Crippen molar-refractivity contribution in [1.82, 2.24) is 10.2 Å². The Balaban J connectivity index is 1.43. The number of rotatable bonds is 9. The van der Waals surface area contributed by atoms with Crippen molar-refractivity contribution in [2.45, 2.75) is 20.4 Å². The van der Waals surface area contributed by atoms with Crippen LogP contribution < -0.4 is 20.7 Å². The van der Waals surface area contributed by atoms with Crippen molar-refractivity contribution in [2.75, 3.05) is 50.1 Å². The van der Waals surface area contributed by atoms with Crippen molar-refractivity contribution >= 4 is 23.3 Å². The standard InChI is InChI=1S/C24H32N4O4/c1-18(2)23(29)26-20-6-4-7-21(16-20)27-24(30)25-17-19-5-3-8-22(15-19)32-14-11-28-9-12-31-13-10-28/h3-8,15-16,18H,9-14,17H2,1-2H3,(H,26,29)(H2,25,27,30). The minimum Gasteiger partial charge on any atom is -0.492 e. The molecular weight excluding hydrogens is 408 g/mol. The minimum absolute atomic E-state index is 0.0707. The summed E-state index contributed by atoms with van der Waals surface area (Å²) < 4.78 is 11.2. The summed E-state index contributed by atoms with van der Waals surface area (Å²) in [5, 5.41) is 8.46. The summed E-state index contributed by atoms with van der Waals surface area (Å²) >= 11 is 0. The van der Waals surface area contributed by atoms with Gasteiger partial charge in [-0.25, -0.2) is 4.79 Å². The van der Waals surface area contributed by atoms with Gasteiger partial charge < -0.3 is 25.4 Å². The molecule has 3 N–H and O–H groups in total. The van der Waals surface area contributed by atoms with Crippen LogP contribution in [0.5, 0.6) is 5.75 Å². The van der Waals surface area contributed by atoms with Crippen LogP contribution in [0.25, 0.3) is 0 Å². The summed E-state index contributed by atoms with van der Waals surface area (Å²) in [5.41, 5.74) is 2.19. The first-order valence-corrected chi connectivity index (χ1v) is 11.0. The molecule has 0 aliphatic carbocycles. The predicted molar refractivity (Wildman–Crippen MR) is 125 cm³/mol. The largest absolute Gasteiger partial charge is 0.492 e. The van der Waals surface area contributed by atoms with E-state index in [4.69, 9.17) is 9.47 Å². The number of urea groups is 1. The number of morpholine rings is 1. The molecule has 1 aliphatic heterocycles. The molecule has 1 aliphatic rings. The van der Waals surface area contributed by atoms with Crippen LogP contribution in [0.15, 0.2) is 48.5 Å². The molecule has 8 heteroatoms. The van der Waals surface area contributed by atoms with Crippen LogP contribution in [0.1, 0.15) is 19.4 Å². The highest BCUT2D eigenvalue weighted by molar-refractivity contribution is 5.94. The first-order valence-electron chi connectivity index (χ1n) is 11.0. The number of benzene rings is 2. The molecule has 32 heavy (non-hydrogen) atoms. The van der Waals surface area contributed by atoms with Crippen LogP contribution in [-0.2, 0) is 16.1 Å². The first kappa shape index (κ1) is 23.6. The molecule has 2 aromatic carbocycles. The third-order valence-corrected chi connectivity index (χ3v) is 5.04. The second-order valence-electron chi connectivity index (χ2n) is 7.98. The highest BCUT2D eigenvalue weighted by atomic mass is 16.5. The van der Waals surface area contributed by atoms with Crippen LogP contribution in [0.4, 0.5) is 16.2 Å². The Labute approximate surface area is 189 Å². The van der Waals surface area contributed by atoms with Crippen molar-refractivity contribution in [3.8, 4) is 5.75 Å². The molecule has 3 rings (SSSR count). The molecular formula is C24H32N4O4. The van der Waals surface area contributed by atoms with E-state index in [9.17, 15) is 9.59 Å². The fourth-order valence-corrected chi connectivity index (χ4v) is 3.18. The summed E-state index contributed by atoms with van der Waals surface area (Å²) in [5.74, 6) is 0.597. The predicted octanol–water partition coefficient (Wildman–Crippen LogP) is 3.31. The van der Waals surface area contributed by atoms with Gasteiger partial charge in [0.15, 0.2) is 0 Å². The average molecular weight is 441 g/mol. The third kappa shape index (κ3) is 7.86. The number of carbonyl (C=O) groups excluding carboxylic acids is 2. The number of carbonyl (C=O) groups is 2. The number of nitrogens with one attached hydrogen (secondary N) is 3. The number of hydrogen-bond donors (Lipinski definition) is 3. The van der Waals surface area contributed by atoms with E-state index in [0.717, 1.165) is 44.2 Å². The van der Waals surface area contributed by atoms with Gasteiger partial charge in [0.05, 0.1) is 13.2 Å². The van der Waals surface area contributed by atoms with Crippen molar-refractivity contribution < 1.29 is 19.1 Å². The van der Waals surface area contributed by atoms with E-state index in [1.807, 2.05) is 38.1 Å². The highest BCUT2D eigenvalue weighted by Crippen LogP contribution is 2.16. The minimum atomic E-state index is -0.323. The van der Waals surface area contributed by atoms with Gasteiger partial charge in [-0.1, -0.05) is 32.0 Å². The molecule has 172 valence electrons. The summed E-state index contributed by atoms with van der Waals surface area (Å²) in [6.45, 7) is 8.94. The highest BCUT2D eigenvalue weighted by Gasteiger charge is 2.10. The Morgan fingerprint density at radius 2 is 1.75 bits per heavy atom. The van der Waals surface area contributed by atoms with Crippen LogP contribution >= 0.6 is 0 Å². The van der Waals surface area contributed by atoms with Gasteiger partial charge in [0.25, 0.3) is 0 Å². The van der Waals surface area contributed by atoms with E-state index >= 15 is 0 Å². The Morgan fingerprint density at radius 1 is 1.03 bits per heavy atom. The first-order chi connectivity index (χ1) is 15.5. The van der Waals surface area contributed by atoms with Gasteiger partial charge in [-0.15, -0.1) is 0 Å². The van der Waals surface area contributed by atoms with Gasteiger partial charge in [0, 0.05) is 43.5 Å². The molecule has 1 saturated heterocycles. The monoisotopic (exact) mass is 440 g/mol. The fourth-order valence-electron chi connectivity index (χ4n) is 3.18. The molecule has 0 saturated carbocycles. The van der Waals surface area contributed by atoms with Gasteiger partial charge in [-0.05, 0) is 35.9 Å². The summed E-state index contributed by atoms with van der Waals surface area (Å²) in [7, 11) is 0. The van der Waals surface area contributed by atoms with Crippen LogP contribution in [0, 0.1) is 5.92 Å². The topological polar surface area (TPSA) is 91.9 Å². The maximum Gasteiger partial charge on any atom is 0.319 e. The lowest BCUT2D eigenvalue weighted by Crippen LogP contribution is -2.38. The molecule has 3 amide bonds. The maximum absolute atomic E-state index is 12.3. The number of ether oxygens (including phenoxy) is 2. The Kier molecular flexibility index (Phi) is 8.89. The quantitative estimate of drug-likeness (QED) is 0.556. The zero-order valence-electron chi connectivity index (χ0n) is 18.7. The van der Waals surface area contributed by atoms with E-state index in [1.165, 1.54) is 0 Å². The van der Waals surface area contributed by atoms with Gasteiger partial charge in [-0.3, -0.25) is 9.69 Å². The van der Waals surface area contributed by atoms with E-state index < -0.39 is 0 Å². The lowest BCUT2D eigenvalue weighted by molar-refractivity contribution is -0.118. The van der Waals surface area contributed by atoms with Crippen LogP contribution in [0.3, 0.4) is 0 Å². The number of anilines is 2. The summed E-state index contributed by atoms with van der Waals surface area (Å²) in [4.78, 5) is 26.5. The third-order valence-electron chi connectivity index (χ3n) is 5.04. The average Bonchev–Trinajstić information content (AvgIpc) is 2.79. The normalized spacial score (nSPS) is 14.1. The van der Waals surface area contributed by atoms with Crippen molar-refractivity contribution in [1.29, 1.82) is 0 Å². The number of nitrogens with zero attached hydrogens (tertiary/aromatic N) is 1. The summed E-state index contributed by atoms with van der Waals surface area (Å²) in [6.07, 6.45) is 0. The molecule has 8 nitrogen and oxygen atoms in total. The van der Waals surface area contributed by atoms with Crippen LogP contribution in [0.2, 0.25) is 0 Å². The number of amides is 3. The van der Waals surface area contributed by atoms with Crippen molar-refractivity contribution in [3.05, 3.63) is 54.1 Å². The lowest BCUT2D eigenvalue weighted by Gasteiger charge is -2.26. The van der Waals surface area contributed by atoms with E-state index in [0.29, 0.717) is 24.5 Å². The van der Waals surface area contributed by atoms with Crippen molar-refractivity contribution in [3.63, 3.8) is 0 Å². The summed E-state index contributed by atoms with van der Waals surface area (Å²) in [6, 6.07) is 14.4. The fraction of sp³-hybridized carbons (Fsp3) is 0.417. The van der Waals surface area contributed by atoms with Gasteiger partial charge in [0.2, 0.25) is 5.91 Å². The smallest absolute Gasteiger partial charge is 0.319 e. The Bertz CT molecular complexity index is 897. The molecule has 1 heterocycles. The van der Waals surface area contributed by atoms with Crippen LogP contribution in [-0.4, -0.2) is 56.3 Å². The molecule has 2 aromatic rings. The van der Waals surface area contributed by atoms with Gasteiger partial charge >= 0.3 is 6.03 Å². The SMILES string of the molecule is CC(C)C(=O)Nc1cccc(NC(=O)NCc2cccc(OCCN3CCOCC3)c2)c1. The molecule has 0 aromatic heterocycles. The molecule has 1 fully saturated rings. The lowest BCUT2D eigenvalue weighted by atomic mass is 10.2. The van der Waals surface area contributed by atoms with Gasteiger partial charge in [0.1, 0.15) is 12.4 Å². The van der Waals surface area contributed by atoms with Crippen molar-refractivity contribution in [2.24, 2.45) is 5.92 Å². The maximum atomic E-state index is 12.3. The van der Waals surface area contributed by atoms with E-state index in [-0.39, 0.29) is 17.9 Å². The molecule has 0 spiro atoms. The second kappa shape index (κ2) is 12.1. The second-order valence-corrected chi connectivity index (χ2v) is 7.98. The zero-order valence-corrected chi connectivity index (χ0v) is 18.7. The molecule has 0 bridgehead atoms.